The molecule has 2 aliphatic rings. The smallest absolute Gasteiger partial charge is 0.261 e. The number of benzene rings is 2. The normalized spacial score (nSPS) is 21.5. The fraction of sp³-hybridized carbons (Fsp3) is 0.320. The number of pyridine rings is 1. The molecular weight excluding hydrogens is 390 g/mol. The summed E-state index contributed by atoms with van der Waals surface area (Å²) in [6.07, 6.45) is 2.80. The van der Waals surface area contributed by atoms with Crippen LogP contribution in [0.4, 0.5) is 0 Å². The minimum Gasteiger partial charge on any atom is -0.488 e. The number of fused-ring (bicyclic) bond motifs is 2. The Kier molecular flexibility index (Phi) is 5.16. The van der Waals surface area contributed by atoms with Gasteiger partial charge in [-0.1, -0.05) is 37.3 Å². The number of likely N-dealkylation sites (tertiary alicyclic amines) is 1. The lowest BCUT2D eigenvalue weighted by molar-refractivity contribution is 0.0444. The SMILES string of the molecule is CC1CN(CCN2C(=O)c3ccccc3C2=O)CCC1Oc1cccc2cccnc12. The molecule has 0 N–H and O–H groups in total. The monoisotopic (exact) mass is 415 g/mol. The molecule has 2 amide bonds. The van der Waals surface area contributed by atoms with Crippen LogP contribution in [0.1, 0.15) is 34.1 Å². The van der Waals surface area contributed by atoms with E-state index in [0.29, 0.717) is 30.1 Å². The Morgan fingerprint density at radius 2 is 1.71 bits per heavy atom. The quantitative estimate of drug-likeness (QED) is 0.596. The first-order valence-corrected chi connectivity index (χ1v) is 10.8. The molecule has 6 heteroatoms. The van der Waals surface area contributed by atoms with Crippen LogP contribution in [0.3, 0.4) is 0 Å². The standard InChI is InChI=1S/C25H25N3O3/c1-17-16-27(14-15-28-24(29)19-8-2-3-9-20(19)25(28)30)13-11-21(17)31-22-10-4-6-18-7-5-12-26-23(18)22/h2-10,12,17,21H,11,13-16H2,1H3. The number of nitrogens with zero attached hydrogens (tertiary/aromatic N) is 3. The zero-order chi connectivity index (χ0) is 21.4. The molecule has 0 aliphatic carbocycles. The topological polar surface area (TPSA) is 62.7 Å². The van der Waals surface area contributed by atoms with Gasteiger partial charge >= 0.3 is 0 Å². The van der Waals surface area contributed by atoms with Crippen molar-refractivity contribution in [2.45, 2.75) is 19.4 Å². The van der Waals surface area contributed by atoms with E-state index in [2.05, 4.69) is 16.8 Å². The molecule has 2 aromatic carbocycles. The lowest BCUT2D eigenvalue weighted by atomic mass is 9.96. The molecule has 31 heavy (non-hydrogen) atoms. The van der Waals surface area contributed by atoms with E-state index >= 15 is 0 Å². The predicted octanol–water partition coefficient (Wildman–Crippen LogP) is 3.62. The van der Waals surface area contributed by atoms with E-state index in [1.807, 2.05) is 30.3 Å². The van der Waals surface area contributed by atoms with Crippen molar-refractivity contribution in [3.63, 3.8) is 0 Å². The lowest BCUT2D eigenvalue weighted by Gasteiger charge is -2.37. The zero-order valence-electron chi connectivity index (χ0n) is 17.5. The van der Waals surface area contributed by atoms with Crippen molar-refractivity contribution < 1.29 is 14.3 Å². The average molecular weight is 415 g/mol. The van der Waals surface area contributed by atoms with Crippen LogP contribution < -0.4 is 4.74 Å². The minimum atomic E-state index is -0.185. The van der Waals surface area contributed by atoms with Crippen molar-refractivity contribution in [2.75, 3.05) is 26.2 Å². The van der Waals surface area contributed by atoms with E-state index in [-0.39, 0.29) is 17.9 Å². The highest BCUT2D eigenvalue weighted by Crippen LogP contribution is 2.28. The number of aromatic nitrogens is 1. The largest absolute Gasteiger partial charge is 0.488 e. The highest BCUT2D eigenvalue weighted by atomic mass is 16.5. The molecule has 1 fully saturated rings. The lowest BCUT2D eigenvalue weighted by Crippen LogP contribution is -2.47. The number of ether oxygens (including phenoxy) is 1. The van der Waals surface area contributed by atoms with E-state index in [0.717, 1.165) is 36.2 Å². The molecule has 2 unspecified atom stereocenters. The summed E-state index contributed by atoms with van der Waals surface area (Å²) in [7, 11) is 0. The number of piperidine rings is 1. The summed E-state index contributed by atoms with van der Waals surface area (Å²) in [6, 6.07) is 17.0. The maximum absolute atomic E-state index is 12.6. The molecule has 1 aromatic heterocycles. The third-order valence-corrected chi connectivity index (χ3v) is 6.30. The molecule has 0 radical (unpaired) electrons. The average Bonchev–Trinajstić information content (AvgIpc) is 3.04. The third kappa shape index (κ3) is 3.68. The van der Waals surface area contributed by atoms with Crippen molar-refractivity contribution in [3.05, 3.63) is 71.9 Å². The highest BCUT2D eigenvalue weighted by Gasteiger charge is 2.35. The number of carbonyl (C=O) groups is 2. The molecule has 5 rings (SSSR count). The molecule has 1 saturated heterocycles. The Hall–Kier alpha value is -3.25. The number of hydrogen-bond acceptors (Lipinski definition) is 5. The van der Waals surface area contributed by atoms with Crippen molar-refractivity contribution in [1.82, 2.24) is 14.8 Å². The Labute approximate surface area is 181 Å². The van der Waals surface area contributed by atoms with Gasteiger partial charge in [0.25, 0.3) is 11.8 Å². The van der Waals surface area contributed by atoms with Crippen molar-refractivity contribution >= 4 is 22.7 Å². The molecule has 0 spiro atoms. The number of para-hydroxylation sites is 1. The van der Waals surface area contributed by atoms with E-state index < -0.39 is 0 Å². The van der Waals surface area contributed by atoms with Gasteiger partial charge in [0, 0.05) is 43.7 Å². The second kappa shape index (κ2) is 8.12. The molecular formula is C25H25N3O3. The summed E-state index contributed by atoms with van der Waals surface area (Å²) in [5.41, 5.74) is 1.92. The Balaban J connectivity index is 1.19. The summed E-state index contributed by atoms with van der Waals surface area (Å²) >= 11 is 0. The number of rotatable bonds is 5. The van der Waals surface area contributed by atoms with Gasteiger partial charge in [0.2, 0.25) is 0 Å². The van der Waals surface area contributed by atoms with Crippen LogP contribution in [0.15, 0.2) is 60.8 Å². The fourth-order valence-corrected chi connectivity index (χ4v) is 4.61. The van der Waals surface area contributed by atoms with Gasteiger partial charge in [-0.15, -0.1) is 0 Å². The molecule has 2 atom stereocenters. The van der Waals surface area contributed by atoms with E-state index in [1.54, 1.807) is 30.5 Å². The van der Waals surface area contributed by atoms with Gasteiger partial charge < -0.3 is 9.64 Å². The van der Waals surface area contributed by atoms with Gasteiger partial charge in [0.05, 0.1) is 11.1 Å². The van der Waals surface area contributed by atoms with Gasteiger partial charge in [0.15, 0.2) is 0 Å². The van der Waals surface area contributed by atoms with Crippen LogP contribution in [0, 0.1) is 5.92 Å². The summed E-state index contributed by atoms with van der Waals surface area (Å²) in [5, 5.41) is 1.08. The van der Waals surface area contributed by atoms with Crippen LogP contribution in [-0.2, 0) is 0 Å². The number of carbonyl (C=O) groups excluding carboxylic acids is 2. The second-order valence-electron chi connectivity index (χ2n) is 8.36. The Bertz CT molecular complexity index is 1110. The third-order valence-electron chi connectivity index (χ3n) is 6.30. The summed E-state index contributed by atoms with van der Waals surface area (Å²) in [6.45, 7) is 5.02. The van der Waals surface area contributed by atoms with Crippen LogP contribution in [0.25, 0.3) is 10.9 Å². The fourth-order valence-electron chi connectivity index (χ4n) is 4.61. The predicted molar refractivity (Wildman–Crippen MR) is 118 cm³/mol. The van der Waals surface area contributed by atoms with E-state index in [9.17, 15) is 9.59 Å². The van der Waals surface area contributed by atoms with Crippen LogP contribution in [0.2, 0.25) is 0 Å². The summed E-state index contributed by atoms with van der Waals surface area (Å²) in [5.74, 6) is 0.787. The molecule has 0 saturated carbocycles. The highest BCUT2D eigenvalue weighted by molar-refractivity contribution is 6.21. The van der Waals surface area contributed by atoms with Crippen LogP contribution in [-0.4, -0.2) is 58.9 Å². The van der Waals surface area contributed by atoms with Gasteiger partial charge in [-0.25, -0.2) is 0 Å². The van der Waals surface area contributed by atoms with Gasteiger partial charge in [-0.2, -0.15) is 0 Å². The summed E-state index contributed by atoms with van der Waals surface area (Å²) in [4.78, 5) is 33.3. The van der Waals surface area contributed by atoms with Crippen LogP contribution >= 0.6 is 0 Å². The second-order valence-corrected chi connectivity index (χ2v) is 8.36. The molecule has 3 heterocycles. The van der Waals surface area contributed by atoms with Crippen LogP contribution in [0.5, 0.6) is 5.75 Å². The maximum Gasteiger partial charge on any atom is 0.261 e. The molecule has 6 nitrogen and oxygen atoms in total. The van der Waals surface area contributed by atoms with Crippen molar-refractivity contribution in [2.24, 2.45) is 5.92 Å². The first-order valence-electron chi connectivity index (χ1n) is 10.8. The minimum absolute atomic E-state index is 0.114. The van der Waals surface area contributed by atoms with Gasteiger partial charge in [-0.3, -0.25) is 19.5 Å². The molecule has 3 aromatic rings. The molecule has 2 aliphatic heterocycles. The first-order chi connectivity index (χ1) is 15.1. The van der Waals surface area contributed by atoms with E-state index in [1.165, 1.54) is 4.90 Å². The number of imide groups is 1. The zero-order valence-corrected chi connectivity index (χ0v) is 17.5. The number of amides is 2. The maximum atomic E-state index is 12.6. The Morgan fingerprint density at radius 1 is 0.968 bits per heavy atom. The Morgan fingerprint density at radius 3 is 2.45 bits per heavy atom. The van der Waals surface area contributed by atoms with Gasteiger partial charge in [0.1, 0.15) is 17.4 Å². The first kappa shape index (κ1) is 19.7. The summed E-state index contributed by atoms with van der Waals surface area (Å²) < 4.78 is 6.38. The van der Waals surface area contributed by atoms with Crippen molar-refractivity contribution in [3.8, 4) is 5.75 Å². The molecule has 158 valence electrons. The van der Waals surface area contributed by atoms with Gasteiger partial charge in [-0.05, 0) is 30.7 Å². The van der Waals surface area contributed by atoms with E-state index in [4.69, 9.17) is 4.74 Å². The molecule has 0 bridgehead atoms. The number of hydrogen-bond donors (Lipinski definition) is 0. The van der Waals surface area contributed by atoms with Crippen molar-refractivity contribution in [1.29, 1.82) is 0 Å².